The lowest BCUT2D eigenvalue weighted by molar-refractivity contribution is -0.153. The Bertz CT molecular complexity index is 147. The predicted octanol–water partition coefficient (Wildman–Crippen LogP) is 1.74. The number of rotatable bonds is 5. The summed E-state index contributed by atoms with van der Waals surface area (Å²) in [5.41, 5.74) is -0.406. The Labute approximate surface area is 80.1 Å². The van der Waals surface area contributed by atoms with E-state index in [2.05, 4.69) is 0 Å². The van der Waals surface area contributed by atoms with Crippen molar-refractivity contribution in [3.63, 3.8) is 0 Å². The Balaban J connectivity index is 3.38. The van der Waals surface area contributed by atoms with E-state index in [1.54, 1.807) is 0 Å². The summed E-state index contributed by atoms with van der Waals surface area (Å²) in [6, 6.07) is 0. The average Bonchev–Trinajstić information content (AvgIpc) is 2.02. The maximum absolute atomic E-state index is 11.2. The fourth-order valence-corrected chi connectivity index (χ4v) is 0.772. The highest BCUT2D eigenvalue weighted by molar-refractivity contribution is 5.75. The second kappa shape index (κ2) is 5.97. The first kappa shape index (κ1) is 12.4. The lowest BCUT2D eigenvalue weighted by Gasteiger charge is -2.16. The molecule has 0 radical (unpaired) electrons. The van der Waals surface area contributed by atoms with Crippen LogP contribution >= 0.6 is 0 Å². The van der Waals surface area contributed by atoms with E-state index in [9.17, 15) is 4.79 Å². The van der Waals surface area contributed by atoms with E-state index in [1.807, 2.05) is 20.8 Å². The van der Waals surface area contributed by atoms with Crippen LogP contribution in [-0.4, -0.2) is 24.3 Å². The highest BCUT2D eigenvalue weighted by atomic mass is 16.5. The SMILES string of the molecule is CC(C)(C)C(=O)OCCCCCO. The third-order valence-corrected chi connectivity index (χ3v) is 1.65. The molecule has 0 rings (SSSR count). The molecule has 13 heavy (non-hydrogen) atoms. The van der Waals surface area contributed by atoms with Gasteiger partial charge in [-0.25, -0.2) is 0 Å². The minimum Gasteiger partial charge on any atom is -0.465 e. The molecular weight excluding hydrogens is 168 g/mol. The molecule has 0 aromatic heterocycles. The van der Waals surface area contributed by atoms with Crippen LogP contribution in [-0.2, 0) is 9.53 Å². The zero-order chi connectivity index (χ0) is 10.3. The van der Waals surface area contributed by atoms with Crippen molar-refractivity contribution in [1.29, 1.82) is 0 Å². The van der Waals surface area contributed by atoms with Gasteiger partial charge in [-0.15, -0.1) is 0 Å². The Morgan fingerprint density at radius 3 is 2.31 bits per heavy atom. The van der Waals surface area contributed by atoms with Gasteiger partial charge in [-0.1, -0.05) is 0 Å². The molecule has 0 fully saturated rings. The highest BCUT2D eigenvalue weighted by Crippen LogP contribution is 2.15. The number of aliphatic hydroxyl groups excluding tert-OH is 1. The van der Waals surface area contributed by atoms with Crippen molar-refractivity contribution in [3.8, 4) is 0 Å². The van der Waals surface area contributed by atoms with Crippen LogP contribution in [0.3, 0.4) is 0 Å². The number of esters is 1. The van der Waals surface area contributed by atoms with Gasteiger partial charge in [0.25, 0.3) is 0 Å². The number of carbonyl (C=O) groups is 1. The molecule has 0 aliphatic heterocycles. The second-order valence-electron chi connectivity index (χ2n) is 4.17. The lowest BCUT2D eigenvalue weighted by Crippen LogP contribution is -2.23. The molecule has 0 saturated carbocycles. The molecule has 0 aliphatic rings. The summed E-state index contributed by atoms with van der Waals surface area (Å²) in [7, 11) is 0. The number of aliphatic hydroxyl groups is 1. The van der Waals surface area contributed by atoms with Gasteiger partial charge in [-0.3, -0.25) is 4.79 Å². The molecule has 1 N–H and O–H groups in total. The quantitative estimate of drug-likeness (QED) is 0.528. The van der Waals surface area contributed by atoms with Gasteiger partial charge >= 0.3 is 5.97 Å². The van der Waals surface area contributed by atoms with Gasteiger partial charge in [-0.05, 0) is 40.0 Å². The highest BCUT2D eigenvalue weighted by Gasteiger charge is 2.22. The third-order valence-electron chi connectivity index (χ3n) is 1.65. The molecule has 0 unspecified atom stereocenters. The van der Waals surface area contributed by atoms with E-state index in [0.29, 0.717) is 6.61 Å². The predicted molar refractivity (Wildman–Crippen MR) is 51.4 cm³/mol. The molecule has 0 atom stereocenters. The first-order chi connectivity index (χ1) is 5.98. The standard InChI is InChI=1S/C10H20O3/c1-10(2,3)9(12)13-8-6-4-5-7-11/h11H,4-8H2,1-3H3. The number of ether oxygens (including phenoxy) is 1. The van der Waals surface area contributed by atoms with Crippen LogP contribution in [0.5, 0.6) is 0 Å². The maximum atomic E-state index is 11.2. The zero-order valence-corrected chi connectivity index (χ0v) is 8.80. The van der Waals surface area contributed by atoms with E-state index < -0.39 is 5.41 Å². The van der Waals surface area contributed by atoms with Gasteiger partial charge in [0, 0.05) is 6.61 Å². The van der Waals surface area contributed by atoms with Crippen molar-refractivity contribution >= 4 is 5.97 Å². The summed E-state index contributed by atoms with van der Waals surface area (Å²) in [6.45, 7) is 6.19. The number of unbranched alkanes of at least 4 members (excludes halogenated alkanes) is 2. The fourth-order valence-electron chi connectivity index (χ4n) is 0.772. The van der Waals surface area contributed by atoms with Crippen molar-refractivity contribution in [1.82, 2.24) is 0 Å². The maximum Gasteiger partial charge on any atom is 0.311 e. The fraction of sp³-hybridized carbons (Fsp3) is 0.900. The minimum atomic E-state index is -0.406. The van der Waals surface area contributed by atoms with Crippen molar-refractivity contribution in [2.24, 2.45) is 5.41 Å². The van der Waals surface area contributed by atoms with Crippen LogP contribution in [0.4, 0.5) is 0 Å². The largest absolute Gasteiger partial charge is 0.465 e. The van der Waals surface area contributed by atoms with E-state index in [4.69, 9.17) is 9.84 Å². The van der Waals surface area contributed by atoms with E-state index >= 15 is 0 Å². The molecule has 0 heterocycles. The molecule has 3 nitrogen and oxygen atoms in total. The lowest BCUT2D eigenvalue weighted by atomic mass is 9.97. The van der Waals surface area contributed by atoms with E-state index in [0.717, 1.165) is 19.3 Å². The normalized spacial score (nSPS) is 11.4. The summed E-state index contributed by atoms with van der Waals surface area (Å²) >= 11 is 0. The Hall–Kier alpha value is -0.570. The van der Waals surface area contributed by atoms with Crippen molar-refractivity contribution in [3.05, 3.63) is 0 Å². The molecular formula is C10H20O3. The molecule has 0 amide bonds. The summed E-state index contributed by atoms with van der Waals surface area (Å²) in [4.78, 5) is 11.2. The van der Waals surface area contributed by atoms with Crippen LogP contribution in [0.25, 0.3) is 0 Å². The summed E-state index contributed by atoms with van der Waals surface area (Å²) in [6.07, 6.45) is 2.53. The molecule has 0 aliphatic carbocycles. The first-order valence-electron chi connectivity index (χ1n) is 4.76. The average molecular weight is 188 g/mol. The smallest absolute Gasteiger partial charge is 0.311 e. The number of carbonyl (C=O) groups excluding carboxylic acids is 1. The molecule has 0 aromatic rings. The van der Waals surface area contributed by atoms with Crippen LogP contribution in [0.15, 0.2) is 0 Å². The van der Waals surface area contributed by atoms with Gasteiger partial charge in [0.05, 0.1) is 12.0 Å². The van der Waals surface area contributed by atoms with Crippen LogP contribution < -0.4 is 0 Å². The van der Waals surface area contributed by atoms with Gasteiger partial charge in [0.15, 0.2) is 0 Å². The molecule has 0 saturated heterocycles. The van der Waals surface area contributed by atoms with Crippen LogP contribution in [0, 0.1) is 5.41 Å². The monoisotopic (exact) mass is 188 g/mol. The van der Waals surface area contributed by atoms with Gasteiger partial charge in [0.1, 0.15) is 0 Å². The number of hydrogen-bond donors (Lipinski definition) is 1. The molecule has 0 bridgehead atoms. The molecule has 3 heteroatoms. The van der Waals surface area contributed by atoms with Gasteiger partial charge in [0.2, 0.25) is 0 Å². The minimum absolute atomic E-state index is 0.156. The zero-order valence-electron chi connectivity index (χ0n) is 8.80. The van der Waals surface area contributed by atoms with Crippen molar-refractivity contribution in [2.75, 3.05) is 13.2 Å². The molecule has 0 spiro atoms. The van der Waals surface area contributed by atoms with Crippen molar-refractivity contribution < 1.29 is 14.6 Å². The third kappa shape index (κ3) is 6.58. The second-order valence-corrected chi connectivity index (χ2v) is 4.17. The molecule has 78 valence electrons. The van der Waals surface area contributed by atoms with E-state index in [-0.39, 0.29) is 12.6 Å². The van der Waals surface area contributed by atoms with Gasteiger partial charge in [-0.2, -0.15) is 0 Å². The van der Waals surface area contributed by atoms with Crippen LogP contribution in [0.2, 0.25) is 0 Å². The van der Waals surface area contributed by atoms with E-state index in [1.165, 1.54) is 0 Å². The summed E-state index contributed by atoms with van der Waals surface area (Å²) in [5, 5.41) is 8.50. The van der Waals surface area contributed by atoms with Crippen LogP contribution in [0.1, 0.15) is 40.0 Å². The Kier molecular flexibility index (Phi) is 5.71. The van der Waals surface area contributed by atoms with Crippen molar-refractivity contribution in [2.45, 2.75) is 40.0 Å². The summed E-state index contributed by atoms with van der Waals surface area (Å²) in [5.74, 6) is -0.156. The first-order valence-corrected chi connectivity index (χ1v) is 4.76. The Morgan fingerprint density at radius 1 is 1.23 bits per heavy atom. The summed E-state index contributed by atoms with van der Waals surface area (Å²) < 4.78 is 5.03. The number of hydrogen-bond acceptors (Lipinski definition) is 3. The van der Waals surface area contributed by atoms with Gasteiger partial charge < -0.3 is 9.84 Å². The Morgan fingerprint density at radius 2 is 1.85 bits per heavy atom. The topological polar surface area (TPSA) is 46.5 Å². The molecule has 0 aromatic carbocycles.